The SMILES string of the molecule is C=NC(=O)Cc1c(C)n(Cc2ccccc2-c2ccccc2)c2cccc(OC)c12. The molecule has 0 fully saturated rings. The van der Waals surface area contributed by atoms with E-state index in [1.807, 2.05) is 18.2 Å². The highest BCUT2D eigenvalue weighted by molar-refractivity contribution is 5.95. The maximum Gasteiger partial charge on any atom is 0.249 e. The first-order valence-corrected chi connectivity index (χ1v) is 9.91. The summed E-state index contributed by atoms with van der Waals surface area (Å²) in [6.07, 6.45) is 0.208. The standard InChI is InChI=1S/C26H24N2O2/c1-18-22(16-25(29)27-2)26-23(14-9-15-24(26)30-3)28(18)17-20-12-7-8-13-21(20)19-10-5-4-6-11-19/h4-15H,2,16-17H2,1,3H3. The van der Waals surface area contributed by atoms with Gasteiger partial charge in [0.25, 0.3) is 0 Å². The molecule has 1 heterocycles. The van der Waals surface area contributed by atoms with Gasteiger partial charge in [-0.1, -0.05) is 60.7 Å². The quantitative estimate of drug-likeness (QED) is 0.407. The lowest BCUT2D eigenvalue weighted by molar-refractivity contribution is -0.117. The van der Waals surface area contributed by atoms with Crippen LogP contribution in [-0.2, 0) is 17.8 Å². The fourth-order valence-corrected chi connectivity index (χ4v) is 4.10. The predicted molar refractivity (Wildman–Crippen MR) is 122 cm³/mol. The maximum absolute atomic E-state index is 12.1. The summed E-state index contributed by atoms with van der Waals surface area (Å²) >= 11 is 0. The molecule has 0 bridgehead atoms. The molecule has 0 saturated heterocycles. The van der Waals surface area contributed by atoms with Gasteiger partial charge in [0.15, 0.2) is 0 Å². The fraction of sp³-hybridized carbons (Fsp3) is 0.154. The third-order valence-corrected chi connectivity index (χ3v) is 5.59. The smallest absolute Gasteiger partial charge is 0.249 e. The molecule has 0 N–H and O–H groups in total. The number of rotatable bonds is 6. The molecule has 0 unspecified atom stereocenters. The van der Waals surface area contributed by atoms with Gasteiger partial charge in [0, 0.05) is 17.6 Å². The van der Waals surface area contributed by atoms with E-state index in [0.717, 1.165) is 27.9 Å². The van der Waals surface area contributed by atoms with Crippen molar-refractivity contribution in [2.45, 2.75) is 19.9 Å². The molecule has 0 spiro atoms. The second-order valence-corrected chi connectivity index (χ2v) is 7.26. The molecule has 3 aromatic carbocycles. The number of benzene rings is 3. The number of aliphatic imine (C=N–C) groups is 1. The first-order valence-electron chi connectivity index (χ1n) is 9.91. The molecule has 4 heteroatoms. The summed E-state index contributed by atoms with van der Waals surface area (Å²) in [5, 5.41) is 0.965. The van der Waals surface area contributed by atoms with E-state index in [9.17, 15) is 4.79 Å². The van der Waals surface area contributed by atoms with Gasteiger partial charge in [0.2, 0.25) is 5.91 Å². The molecule has 4 rings (SSSR count). The summed E-state index contributed by atoms with van der Waals surface area (Å²) in [5.41, 5.74) is 6.62. The van der Waals surface area contributed by atoms with Gasteiger partial charge >= 0.3 is 0 Å². The number of fused-ring (bicyclic) bond motifs is 1. The molecule has 1 aromatic heterocycles. The minimum Gasteiger partial charge on any atom is -0.496 e. The van der Waals surface area contributed by atoms with Crippen LogP contribution in [-0.4, -0.2) is 24.3 Å². The average molecular weight is 396 g/mol. The minimum absolute atomic E-state index is 0.208. The van der Waals surface area contributed by atoms with Crippen LogP contribution >= 0.6 is 0 Å². The van der Waals surface area contributed by atoms with Gasteiger partial charge in [-0.15, -0.1) is 0 Å². The summed E-state index contributed by atoms with van der Waals surface area (Å²) < 4.78 is 7.88. The molecule has 0 aliphatic heterocycles. The number of hydrogen-bond donors (Lipinski definition) is 0. The third kappa shape index (κ3) is 3.52. The van der Waals surface area contributed by atoms with E-state index in [1.54, 1.807) is 7.11 Å². The summed E-state index contributed by atoms with van der Waals surface area (Å²) in [7, 11) is 1.66. The van der Waals surface area contributed by atoms with Crippen LogP contribution in [0, 0.1) is 6.92 Å². The van der Waals surface area contributed by atoms with E-state index >= 15 is 0 Å². The van der Waals surface area contributed by atoms with E-state index in [0.29, 0.717) is 6.54 Å². The number of hydrogen-bond acceptors (Lipinski definition) is 2. The minimum atomic E-state index is -0.243. The molecule has 4 nitrogen and oxygen atoms in total. The molecule has 0 radical (unpaired) electrons. The van der Waals surface area contributed by atoms with Gasteiger partial charge in [-0.2, -0.15) is 0 Å². The van der Waals surface area contributed by atoms with Crippen LogP contribution in [0.25, 0.3) is 22.0 Å². The van der Waals surface area contributed by atoms with Crippen LogP contribution in [0.5, 0.6) is 5.75 Å². The lowest BCUT2D eigenvalue weighted by atomic mass is 9.99. The fourth-order valence-electron chi connectivity index (χ4n) is 4.10. The summed E-state index contributed by atoms with van der Waals surface area (Å²) in [6.45, 7) is 6.13. The zero-order valence-corrected chi connectivity index (χ0v) is 17.3. The largest absolute Gasteiger partial charge is 0.496 e. The van der Waals surface area contributed by atoms with Crippen molar-refractivity contribution in [1.82, 2.24) is 4.57 Å². The number of carbonyl (C=O) groups is 1. The van der Waals surface area contributed by atoms with E-state index in [-0.39, 0.29) is 12.3 Å². The highest BCUT2D eigenvalue weighted by Gasteiger charge is 2.20. The maximum atomic E-state index is 12.1. The summed E-state index contributed by atoms with van der Waals surface area (Å²) in [5.74, 6) is 0.519. The van der Waals surface area contributed by atoms with E-state index in [2.05, 4.69) is 77.8 Å². The average Bonchev–Trinajstić information content (AvgIpc) is 3.05. The summed E-state index contributed by atoms with van der Waals surface area (Å²) in [4.78, 5) is 15.7. The van der Waals surface area contributed by atoms with Gasteiger partial charge < -0.3 is 9.30 Å². The molecule has 4 aromatic rings. The Bertz CT molecular complexity index is 1220. The van der Waals surface area contributed by atoms with Crippen molar-refractivity contribution in [3.63, 3.8) is 0 Å². The van der Waals surface area contributed by atoms with Gasteiger partial charge in [-0.25, -0.2) is 4.99 Å². The van der Waals surface area contributed by atoms with Gasteiger partial charge in [-0.3, -0.25) is 4.79 Å². The molecule has 0 aliphatic rings. The van der Waals surface area contributed by atoms with Crippen molar-refractivity contribution in [1.29, 1.82) is 0 Å². The third-order valence-electron chi connectivity index (χ3n) is 5.59. The van der Waals surface area contributed by atoms with Crippen molar-refractivity contribution in [3.05, 3.63) is 89.6 Å². The first kappa shape index (κ1) is 19.6. The van der Waals surface area contributed by atoms with Crippen LogP contribution in [0.2, 0.25) is 0 Å². The molecule has 150 valence electrons. The van der Waals surface area contributed by atoms with Gasteiger partial charge in [-0.05, 0) is 48.0 Å². The number of ether oxygens (including phenoxy) is 1. The van der Waals surface area contributed by atoms with Crippen LogP contribution in [0.1, 0.15) is 16.8 Å². The first-order chi connectivity index (χ1) is 14.6. The normalized spacial score (nSPS) is 10.9. The van der Waals surface area contributed by atoms with Crippen molar-refractivity contribution in [2.24, 2.45) is 4.99 Å². The number of methoxy groups -OCH3 is 1. The molecule has 0 aliphatic carbocycles. The second kappa shape index (κ2) is 8.37. The second-order valence-electron chi connectivity index (χ2n) is 7.26. The molecule has 30 heavy (non-hydrogen) atoms. The van der Waals surface area contributed by atoms with Crippen LogP contribution in [0.3, 0.4) is 0 Å². The molecule has 0 saturated carbocycles. The van der Waals surface area contributed by atoms with E-state index < -0.39 is 0 Å². The Morgan fingerprint density at radius 1 is 1.00 bits per heavy atom. The van der Waals surface area contributed by atoms with Crippen LogP contribution in [0.4, 0.5) is 0 Å². The topological polar surface area (TPSA) is 43.6 Å². The van der Waals surface area contributed by atoms with E-state index in [4.69, 9.17) is 4.74 Å². The van der Waals surface area contributed by atoms with Gasteiger partial charge in [0.05, 0.1) is 19.0 Å². The Hall–Kier alpha value is -3.66. The number of nitrogens with zero attached hydrogens (tertiary/aromatic N) is 2. The molecular formula is C26H24N2O2. The van der Waals surface area contributed by atoms with Crippen molar-refractivity contribution >= 4 is 23.5 Å². The van der Waals surface area contributed by atoms with Crippen molar-refractivity contribution < 1.29 is 9.53 Å². The Kier molecular flexibility index (Phi) is 5.48. The Morgan fingerprint density at radius 2 is 1.73 bits per heavy atom. The van der Waals surface area contributed by atoms with Crippen molar-refractivity contribution in [2.75, 3.05) is 7.11 Å². The lowest BCUT2D eigenvalue weighted by Gasteiger charge is -2.14. The predicted octanol–water partition coefficient (Wildman–Crippen LogP) is 5.44. The zero-order chi connectivity index (χ0) is 21.1. The highest BCUT2D eigenvalue weighted by Crippen LogP contribution is 2.35. The number of carbonyl (C=O) groups excluding carboxylic acids is 1. The Morgan fingerprint density at radius 3 is 2.47 bits per heavy atom. The van der Waals surface area contributed by atoms with Crippen LogP contribution < -0.4 is 4.74 Å². The number of amides is 1. The molecule has 1 amide bonds. The number of aromatic nitrogens is 1. The van der Waals surface area contributed by atoms with E-state index in [1.165, 1.54) is 16.7 Å². The monoisotopic (exact) mass is 396 g/mol. The Balaban J connectivity index is 1.88. The lowest BCUT2D eigenvalue weighted by Crippen LogP contribution is -2.05. The Labute approximate surface area is 176 Å². The van der Waals surface area contributed by atoms with Gasteiger partial charge in [0.1, 0.15) is 5.75 Å². The molecule has 0 atom stereocenters. The van der Waals surface area contributed by atoms with Crippen LogP contribution in [0.15, 0.2) is 77.8 Å². The highest BCUT2D eigenvalue weighted by atomic mass is 16.5. The van der Waals surface area contributed by atoms with Crippen molar-refractivity contribution in [3.8, 4) is 16.9 Å². The zero-order valence-electron chi connectivity index (χ0n) is 17.3. The molecular weight excluding hydrogens is 372 g/mol. The summed E-state index contributed by atoms with van der Waals surface area (Å²) in [6, 6.07) is 24.8.